The monoisotopic (exact) mass is 315 g/mol. The average molecular weight is 315 g/mol. The molecule has 0 radical (unpaired) electrons. The average Bonchev–Trinajstić information content (AvgIpc) is 2.45. The normalized spacial score (nSPS) is 13.3. The Morgan fingerprint density at radius 1 is 1.33 bits per heavy atom. The number of nitrogens with zero attached hydrogens (tertiary/aromatic N) is 1. The Morgan fingerprint density at radius 3 is 2.67 bits per heavy atom. The molecule has 1 rings (SSSR count). The molecule has 0 spiro atoms. The van der Waals surface area contributed by atoms with Crippen LogP contribution in [0.5, 0.6) is 0 Å². The molecular formula is C14H25N3O3S. The van der Waals surface area contributed by atoms with Crippen molar-refractivity contribution in [1.82, 2.24) is 15.0 Å². The highest BCUT2D eigenvalue weighted by molar-refractivity contribution is 7.89. The predicted octanol–water partition coefficient (Wildman–Crippen LogP) is 1.28. The molecule has 1 aromatic heterocycles. The molecule has 0 saturated carbocycles. The van der Waals surface area contributed by atoms with Crippen molar-refractivity contribution in [2.24, 2.45) is 0 Å². The highest BCUT2D eigenvalue weighted by Crippen LogP contribution is 2.07. The van der Waals surface area contributed by atoms with E-state index in [1.54, 1.807) is 19.2 Å². The SMILES string of the molecule is CCCNCc1ccc(S(=O)(=O)NC(C)COCC)nc1. The first kappa shape index (κ1) is 18.0. The highest BCUT2D eigenvalue weighted by Gasteiger charge is 2.18. The first-order valence-electron chi connectivity index (χ1n) is 7.25. The summed E-state index contributed by atoms with van der Waals surface area (Å²) in [6, 6.07) is 3.01. The van der Waals surface area contributed by atoms with Gasteiger partial charge in [-0.2, -0.15) is 0 Å². The Balaban J connectivity index is 2.62. The third kappa shape index (κ3) is 6.52. The van der Waals surface area contributed by atoms with E-state index in [2.05, 4.69) is 21.9 Å². The van der Waals surface area contributed by atoms with E-state index in [0.29, 0.717) is 19.8 Å². The lowest BCUT2D eigenvalue weighted by molar-refractivity contribution is 0.133. The van der Waals surface area contributed by atoms with Gasteiger partial charge in [0.25, 0.3) is 10.0 Å². The largest absolute Gasteiger partial charge is 0.380 e. The van der Waals surface area contributed by atoms with Crippen LogP contribution in [0, 0.1) is 0 Å². The minimum Gasteiger partial charge on any atom is -0.380 e. The van der Waals surface area contributed by atoms with Crippen LogP contribution in [-0.4, -0.2) is 39.2 Å². The lowest BCUT2D eigenvalue weighted by atomic mass is 10.3. The summed E-state index contributed by atoms with van der Waals surface area (Å²) < 4.78 is 32.0. The van der Waals surface area contributed by atoms with E-state index in [0.717, 1.165) is 18.5 Å². The molecule has 0 saturated heterocycles. The molecule has 1 unspecified atom stereocenters. The molecule has 1 aromatic rings. The van der Waals surface area contributed by atoms with E-state index in [1.807, 2.05) is 6.92 Å². The van der Waals surface area contributed by atoms with Gasteiger partial charge >= 0.3 is 0 Å². The van der Waals surface area contributed by atoms with E-state index < -0.39 is 10.0 Å². The number of ether oxygens (including phenoxy) is 1. The zero-order chi connectivity index (χ0) is 15.7. The zero-order valence-corrected chi connectivity index (χ0v) is 13.7. The molecule has 0 amide bonds. The number of hydrogen-bond acceptors (Lipinski definition) is 5. The summed E-state index contributed by atoms with van der Waals surface area (Å²) in [5.41, 5.74) is 0.963. The third-order valence-corrected chi connectivity index (χ3v) is 4.26. The van der Waals surface area contributed by atoms with Crippen LogP contribution in [0.4, 0.5) is 0 Å². The fourth-order valence-corrected chi connectivity index (χ4v) is 2.90. The maximum Gasteiger partial charge on any atom is 0.258 e. The summed E-state index contributed by atoms with van der Waals surface area (Å²) in [5.74, 6) is 0. The number of sulfonamides is 1. The van der Waals surface area contributed by atoms with Gasteiger partial charge in [-0.3, -0.25) is 0 Å². The van der Waals surface area contributed by atoms with Crippen LogP contribution >= 0.6 is 0 Å². The van der Waals surface area contributed by atoms with Crippen LogP contribution in [0.3, 0.4) is 0 Å². The lowest BCUT2D eigenvalue weighted by Gasteiger charge is -2.13. The molecule has 7 heteroatoms. The lowest BCUT2D eigenvalue weighted by Crippen LogP contribution is -2.36. The van der Waals surface area contributed by atoms with E-state index in [9.17, 15) is 8.42 Å². The van der Waals surface area contributed by atoms with Crippen molar-refractivity contribution in [1.29, 1.82) is 0 Å². The molecule has 0 aliphatic heterocycles. The highest BCUT2D eigenvalue weighted by atomic mass is 32.2. The van der Waals surface area contributed by atoms with E-state index in [1.165, 1.54) is 6.07 Å². The molecule has 21 heavy (non-hydrogen) atoms. The second kappa shape index (κ2) is 9.09. The quantitative estimate of drug-likeness (QED) is 0.636. The summed E-state index contributed by atoms with van der Waals surface area (Å²) in [6.45, 7) is 8.24. The van der Waals surface area contributed by atoms with E-state index in [-0.39, 0.29) is 11.1 Å². The predicted molar refractivity (Wildman–Crippen MR) is 82.5 cm³/mol. The van der Waals surface area contributed by atoms with Gasteiger partial charge in [-0.25, -0.2) is 18.1 Å². The van der Waals surface area contributed by atoms with Gasteiger partial charge in [0.2, 0.25) is 0 Å². The molecule has 120 valence electrons. The van der Waals surface area contributed by atoms with Gasteiger partial charge in [0.05, 0.1) is 6.61 Å². The molecule has 1 heterocycles. The number of pyridine rings is 1. The Bertz CT molecular complexity index is 503. The van der Waals surface area contributed by atoms with Crippen molar-refractivity contribution in [3.05, 3.63) is 23.9 Å². The summed E-state index contributed by atoms with van der Waals surface area (Å²) in [6.07, 6.45) is 2.64. The zero-order valence-electron chi connectivity index (χ0n) is 12.9. The van der Waals surface area contributed by atoms with Gasteiger partial charge in [0.1, 0.15) is 0 Å². The minimum absolute atomic E-state index is 0.0325. The molecule has 1 atom stereocenters. The van der Waals surface area contributed by atoms with Crippen LogP contribution < -0.4 is 10.0 Å². The van der Waals surface area contributed by atoms with Gasteiger partial charge in [-0.15, -0.1) is 0 Å². The van der Waals surface area contributed by atoms with Crippen LogP contribution in [0.1, 0.15) is 32.8 Å². The van der Waals surface area contributed by atoms with E-state index >= 15 is 0 Å². The smallest absolute Gasteiger partial charge is 0.258 e. The fraction of sp³-hybridized carbons (Fsp3) is 0.643. The first-order valence-corrected chi connectivity index (χ1v) is 8.73. The second-order valence-electron chi connectivity index (χ2n) is 4.86. The van der Waals surface area contributed by atoms with Gasteiger partial charge in [-0.1, -0.05) is 13.0 Å². The number of rotatable bonds is 10. The maximum atomic E-state index is 12.1. The molecule has 0 fully saturated rings. The fourth-order valence-electron chi connectivity index (χ4n) is 1.74. The molecular weight excluding hydrogens is 290 g/mol. The van der Waals surface area contributed by atoms with Crippen molar-refractivity contribution < 1.29 is 13.2 Å². The van der Waals surface area contributed by atoms with Crippen LogP contribution in [0.15, 0.2) is 23.4 Å². The first-order chi connectivity index (χ1) is 9.99. The van der Waals surface area contributed by atoms with Crippen LogP contribution in [0.25, 0.3) is 0 Å². The second-order valence-corrected chi connectivity index (χ2v) is 6.52. The minimum atomic E-state index is -3.59. The molecule has 2 N–H and O–H groups in total. The van der Waals surface area contributed by atoms with Gasteiger partial charge in [0.15, 0.2) is 5.03 Å². The van der Waals surface area contributed by atoms with Crippen LogP contribution in [-0.2, 0) is 21.3 Å². The van der Waals surface area contributed by atoms with Crippen molar-refractivity contribution in [3.8, 4) is 0 Å². The topological polar surface area (TPSA) is 80.3 Å². The van der Waals surface area contributed by atoms with Crippen molar-refractivity contribution in [3.63, 3.8) is 0 Å². The van der Waals surface area contributed by atoms with Crippen molar-refractivity contribution >= 4 is 10.0 Å². The third-order valence-electron chi connectivity index (χ3n) is 2.76. The molecule has 6 nitrogen and oxygen atoms in total. The van der Waals surface area contributed by atoms with Gasteiger partial charge in [0, 0.05) is 25.4 Å². The van der Waals surface area contributed by atoms with Gasteiger partial charge < -0.3 is 10.1 Å². The van der Waals surface area contributed by atoms with E-state index in [4.69, 9.17) is 4.74 Å². The molecule has 0 bridgehead atoms. The Kier molecular flexibility index (Phi) is 7.81. The molecule has 0 aliphatic rings. The van der Waals surface area contributed by atoms with Crippen molar-refractivity contribution in [2.45, 2.75) is 44.8 Å². The molecule has 0 aliphatic carbocycles. The summed E-state index contributed by atoms with van der Waals surface area (Å²) in [4.78, 5) is 4.03. The number of nitrogens with one attached hydrogen (secondary N) is 2. The molecule has 0 aromatic carbocycles. The van der Waals surface area contributed by atoms with Crippen molar-refractivity contribution in [2.75, 3.05) is 19.8 Å². The summed E-state index contributed by atoms with van der Waals surface area (Å²) >= 11 is 0. The standard InChI is InChI=1S/C14H25N3O3S/c1-4-8-15-9-13-6-7-14(16-10-13)21(18,19)17-12(3)11-20-5-2/h6-7,10,12,15,17H,4-5,8-9,11H2,1-3H3. The Morgan fingerprint density at radius 2 is 2.10 bits per heavy atom. The Labute approximate surface area is 127 Å². The summed E-state index contributed by atoms with van der Waals surface area (Å²) in [5, 5.41) is 3.28. The number of aromatic nitrogens is 1. The van der Waals surface area contributed by atoms with Gasteiger partial charge in [-0.05, 0) is 38.4 Å². The van der Waals surface area contributed by atoms with Crippen LogP contribution in [0.2, 0.25) is 0 Å². The number of hydrogen-bond donors (Lipinski definition) is 2. The summed E-state index contributed by atoms with van der Waals surface area (Å²) in [7, 11) is -3.59. The Hall–Kier alpha value is -1.02. The maximum absolute atomic E-state index is 12.1.